The van der Waals surface area contributed by atoms with Crippen LogP contribution in [0.2, 0.25) is 0 Å². The number of aryl methyl sites for hydroxylation is 1. The molecule has 0 fully saturated rings. The van der Waals surface area contributed by atoms with Gasteiger partial charge in [-0.15, -0.1) is 0 Å². The molecular weight excluding hydrogens is 346 g/mol. The van der Waals surface area contributed by atoms with Crippen molar-refractivity contribution in [1.82, 2.24) is 0 Å². The van der Waals surface area contributed by atoms with Gasteiger partial charge in [0.15, 0.2) is 0 Å². The molecular formula is C17H13NO4S2. The van der Waals surface area contributed by atoms with E-state index < -0.39 is 20.0 Å². The highest BCUT2D eigenvalue weighted by Crippen LogP contribution is 2.44. The molecule has 0 saturated carbocycles. The molecule has 24 heavy (non-hydrogen) atoms. The molecule has 0 N–H and O–H groups in total. The van der Waals surface area contributed by atoms with E-state index in [1.54, 1.807) is 36.4 Å². The molecule has 0 unspecified atom stereocenters. The minimum Gasteiger partial charge on any atom is -0.200 e. The van der Waals surface area contributed by atoms with Crippen LogP contribution in [0.1, 0.15) is 5.56 Å². The van der Waals surface area contributed by atoms with Crippen LogP contribution in [0.4, 0.5) is 5.69 Å². The number of hydrogen-bond acceptors (Lipinski definition) is 4. The van der Waals surface area contributed by atoms with E-state index in [1.165, 1.54) is 24.3 Å². The Kier molecular flexibility index (Phi) is 3.04. The molecule has 5 nitrogen and oxygen atoms in total. The first kappa shape index (κ1) is 15.2. The van der Waals surface area contributed by atoms with E-state index in [0.29, 0.717) is 14.5 Å². The molecule has 3 aromatic carbocycles. The Morgan fingerprint density at radius 1 is 0.875 bits per heavy atom. The maximum Gasteiger partial charge on any atom is 0.278 e. The molecule has 0 spiro atoms. The van der Waals surface area contributed by atoms with Crippen LogP contribution in [0.15, 0.2) is 70.5 Å². The normalized spacial score (nSPS) is 15.8. The van der Waals surface area contributed by atoms with Crippen molar-refractivity contribution in [3.63, 3.8) is 0 Å². The van der Waals surface area contributed by atoms with Gasteiger partial charge in [0.2, 0.25) is 0 Å². The fourth-order valence-corrected chi connectivity index (χ4v) is 6.87. The van der Waals surface area contributed by atoms with Crippen LogP contribution >= 0.6 is 0 Å². The summed E-state index contributed by atoms with van der Waals surface area (Å²) in [4.78, 5) is -0.0345. The average Bonchev–Trinajstić information content (AvgIpc) is 2.78. The zero-order chi connectivity index (χ0) is 17.1. The number of sulfonamides is 2. The van der Waals surface area contributed by atoms with Gasteiger partial charge in [-0.25, -0.2) is 8.42 Å². The van der Waals surface area contributed by atoms with Crippen LogP contribution in [0.5, 0.6) is 0 Å². The monoisotopic (exact) mass is 359 g/mol. The lowest BCUT2D eigenvalue weighted by Crippen LogP contribution is -2.33. The van der Waals surface area contributed by atoms with Crippen molar-refractivity contribution >= 4 is 36.5 Å². The third-order valence-electron chi connectivity index (χ3n) is 4.07. The summed E-state index contributed by atoms with van der Waals surface area (Å²) < 4.78 is 52.4. The molecule has 0 atom stereocenters. The van der Waals surface area contributed by atoms with Gasteiger partial charge < -0.3 is 0 Å². The summed E-state index contributed by atoms with van der Waals surface area (Å²) in [6.45, 7) is 1.83. The summed E-state index contributed by atoms with van der Waals surface area (Å²) in [5.41, 5.74) is 1.06. The van der Waals surface area contributed by atoms with Crippen LogP contribution in [0.3, 0.4) is 0 Å². The van der Waals surface area contributed by atoms with Crippen LogP contribution < -0.4 is 3.71 Å². The Morgan fingerprint density at radius 2 is 1.50 bits per heavy atom. The molecule has 3 aromatic rings. The highest BCUT2D eigenvalue weighted by atomic mass is 32.3. The SMILES string of the molecule is Cc1ccc(S(=O)(=O)N2c3cccc4cccc(c34)S2(=O)=O)cc1. The van der Waals surface area contributed by atoms with Crippen molar-refractivity contribution in [3.8, 4) is 0 Å². The van der Waals surface area contributed by atoms with Crippen molar-refractivity contribution in [2.24, 2.45) is 0 Å². The first-order chi connectivity index (χ1) is 11.3. The summed E-state index contributed by atoms with van der Waals surface area (Å²) in [5.74, 6) is 0. The van der Waals surface area contributed by atoms with Gasteiger partial charge in [-0.05, 0) is 36.6 Å². The van der Waals surface area contributed by atoms with E-state index >= 15 is 0 Å². The van der Waals surface area contributed by atoms with Crippen LogP contribution in [-0.2, 0) is 20.0 Å². The van der Waals surface area contributed by atoms with E-state index in [1.807, 2.05) is 6.92 Å². The van der Waals surface area contributed by atoms with Crippen molar-refractivity contribution < 1.29 is 16.8 Å². The predicted octanol–water partition coefficient (Wildman–Crippen LogP) is 3.05. The minimum absolute atomic E-state index is 0.0197. The van der Waals surface area contributed by atoms with Crippen molar-refractivity contribution in [3.05, 3.63) is 66.2 Å². The quantitative estimate of drug-likeness (QED) is 0.705. The maximum absolute atomic E-state index is 13.0. The highest BCUT2D eigenvalue weighted by molar-refractivity contribution is 8.10. The Labute approximate surface area is 140 Å². The third kappa shape index (κ3) is 1.91. The van der Waals surface area contributed by atoms with E-state index in [-0.39, 0.29) is 15.5 Å². The second-order valence-corrected chi connectivity index (χ2v) is 9.42. The van der Waals surface area contributed by atoms with Crippen molar-refractivity contribution in [1.29, 1.82) is 0 Å². The van der Waals surface area contributed by atoms with Gasteiger partial charge in [0.05, 0.1) is 15.5 Å². The maximum atomic E-state index is 13.0. The molecule has 0 aromatic heterocycles. The van der Waals surface area contributed by atoms with Gasteiger partial charge in [-0.1, -0.05) is 42.0 Å². The molecule has 0 saturated heterocycles. The van der Waals surface area contributed by atoms with E-state index in [4.69, 9.17) is 0 Å². The highest BCUT2D eigenvalue weighted by Gasteiger charge is 2.43. The van der Waals surface area contributed by atoms with E-state index in [2.05, 4.69) is 0 Å². The van der Waals surface area contributed by atoms with Crippen LogP contribution in [0.25, 0.3) is 10.8 Å². The van der Waals surface area contributed by atoms with E-state index in [9.17, 15) is 16.8 Å². The van der Waals surface area contributed by atoms with Gasteiger partial charge >= 0.3 is 0 Å². The van der Waals surface area contributed by atoms with Gasteiger partial charge in [0.25, 0.3) is 20.0 Å². The molecule has 1 aliphatic rings. The fraction of sp³-hybridized carbons (Fsp3) is 0.0588. The lowest BCUT2D eigenvalue weighted by Gasteiger charge is -2.18. The number of anilines is 1. The Morgan fingerprint density at radius 3 is 2.17 bits per heavy atom. The predicted molar refractivity (Wildman–Crippen MR) is 92.0 cm³/mol. The second-order valence-electron chi connectivity index (χ2n) is 5.65. The molecule has 1 heterocycles. The van der Waals surface area contributed by atoms with Crippen molar-refractivity contribution in [2.45, 2.75) is 16.7 Å². The average molecular weight is 359 g/mol. The molecule has 0 bridgehead atoms. The second kappa shape index (κ2) is 4.81. The summed E-state index contributed by atoms with van der Waals surface area (Å²) in [5, 5.41) is 1.13. The molecule has 0 aliphatic carbocycles. The molecule has 7 heteroatoms. The summed E-state index contributed by atoms with van der Waals surface area (Å²) in [6, 6.07) is 15.9. The van der Waals surface area contributed by atoms with Gasteiger partial charge in [-0.2, -0.15) is 12.1 Å². The van der Waals surface area contributed by atoms with Crippen molar-refractivity contribution in [2.75, 3.05) is 3.71 Å². The molecule has 1 aliphatic heterocycles. The standard InChI is InChI=1S/C17H13NO4S2/c1-12-8-10-14(11-9-12)23(19,20)18-15-6-2-4-13-5-3-7-16(17(13)15)24(18,21)22/h2-11H,1H3. The number of nitrogens with zero attached hydrogens (tertiary/aromatic N) is 1. The van der Waals surface area contributed by atoms with Crippen LogP contribution in [0, 0.1) is 6.92 Å². The number of hydrogen-bond donors (Lipinski definition) is 0. The fourth-order valence-electron chi connectivity index (χ4n) is 2.94. The summed E-state index contributed by atoms with van der Waals surface area (Å²) in [7, 11) is -8.40. The first-order valence-electron chi connectivity index (χ1n) is 7.22. The summed E-state index contributed by atoms with van der Waals surface area (Å²) >= 11 is 0. The summed E-state index contributed by atoms with van der Waals surface area (Å²) in [6.07, 6.45) is 0. The number of rotatable bonds is 2. The Hall–Kier alpha value is -2.38. The molecule has 0 amide bonds. The lowest BCUT2D eigenvalue weighted by molar-refractivity contribution is 0.586. The number of benzene rings is 3. The van der Waals surface area contributed by atoms with Gasteiger partial charge in [-0.3, -0.25) is 0 Å². The molecule has 122 valence electrons. The van der Waals surface area contributed by atoms with Crippen LogP contribution in [-0.4, -0.2) is 16.8 Å². The smallest absolute Gasteiger partial charge is 0.200 e. The first-order valence-corrected chi connectivity index (χ1v) is 10.1. The molecule has 4 rings (SSSR count). The van der Waals surface area contributed by atoms with Gasteiger partial charge in [0.1, 0.15) is 0 Å². The van der Waals surface area contributed by atoms with Gasteiger partial charge in [0, 0.05) is 5.39 Å². The minimum atomic E-state index is -4.23. The topological polar surface area (TPSA) is 71.5 Å². The largest absolute Gasteiger partial charge is 0.278 e. The lowest BCUT2D eigenvalue weighted by atomic mass is 10.1. The third-order valence-corrected chi connectivity index (χ3v) is 8.28. The Bertz CT molecular complexity index is 1180. The Balaban J connectivity index is 2.04. The zero-order valence-electron chi connectivity index (χ0n) is 12.7. The zero-order valence-corrected chi connectivity index (χ0v) is 14.3. The van der Waals surface area contributed by atoms with E-state index in [0.717, 1.165) is 5.56 Å². The molecule has 0 radical (unpaired) electrons.